The molecule has 1 saturated heterocycles. The van der Waals surface area contributed by atoms with E-state index < -0.39 is 12.1 Å². The summed E-state index contributed by atoms with van der Waals surface area (Å²) in [5.41, 5.74) is 1.03. The average molecular weight is 332 g/mol. The number of carbonyl (C=O) groups excluding carboxylic acids is 1. The standard InChI is InChI=1S/C16H20N4O4/c1-4-24-15(21)13-7-12(8-17)14(18-11(13)3)20-6-5-19(16(22)23)9-10(20)2/h7,10H,4-6,9H2,1-3H3,(H,22,23). The molecule has 128 valence electrons. The maximum Gasteiger partial charge on any atom is 0.407 e. The normalized spacial score (nSPS) is 17.3. The van der Waals surface area contributed by atoms with Gasteiger partial charge in [0.05, 0.1) is 23.4 Å². The van der Waals surface area contributed by atoms with Gasteiger partial charge in [0.2, 0.25) is 0 Å². The maximum absolute atomic E-state index is 11.9. The molecule has 1 atom stereocenters. The van der Waals surface area contributed by atoms with Crippen molar-refractivity contribution < 1.29 is 19.4 Å². The van der Waals surface area contributed by atoms with E-state index in [9.17, 15) is 14.9 Å². The molecule has 8 heteroatoms. The van der Waals surface area contributed by atoms with Gasteiger partial charge < -0.3 is 19.6 Å². The van der Waals surface area contributed by atoms with E-state index in [2.05, 4.69) is 11.1 Å². The molecule has 0 aromatic carbocycles. The van der Waals surface area contributed by atoms with Crippen LogP contribution in [0.15, 0.2) is 6.07 Å². The number of aromatic nitrogens is 1. The highest BCUT2D eigenvalue weighted by atomic mass is 16.5. The number of anilines is 1. The van der Waals surface area contributed by atoms with Crippen molar-refractivity contribution in [3.63, 3.8) is 0 Å². The van der Waals surface area contributed by atoms with Crippen LogP contribution in [0.5, 0.6) is 0 Å². The van der Waals surface area contributed by atoms with E-state index in [0.29, 0.717) is 31.1 Å². The minimum atomic E-state index is -0.955. The molecular weight excluding hydrogens is 312 g/mol. The van der Waals surface area contributed by atoms with Crippen molar-refractivity contribution in [1.82, 2.24) is 9.88 Å². The summed E-state index contributed by atoms with van der Waals surface area (Å²) in [6, 6.07) is 3.44. The van der Waals surface area contributed by atoms with Crippen LogP contribution in [-0.4, -0.2) is 59.3 Å². The van der Waals surface area contributed by atoms with Crippen LogP contribution in [0.3, 0.4) is 0 Å². The average Bonchev–Trinajstić information content (AvgIpc) is 2.54. The lowest BCUT2D eigenvalue weighted by molar-refractivity contribution is 0.0525. The van der Waals surface area contributed by atoms with Gasteiger partial charge in [0, 0.05) is 25.7 Å². The van der Waals surface area contributed by atoms with Gasteiger partial charge in [-0.15, -0.1) is 0 Å². The number of pyridine rings is 1. The molecule has 1 aromatic heterocycles. The third kappa shape index (κ3) is 3.40. The Balaban J connectivity index is 2.34. The number of esters is 1. The van der Waals surface area contributed by atoms with Gasteiger partial charge in [-0.2, -0.15) is 5.26 Å². The molecule has 0 radical (unpaired) electrons. The smallest absolute Gasteiger partial charge is 0.407 e. The maximum atomic E-state index is 11.9. The van der Waals surface area contributed by atoms with Crippen molar-refractivity contribution in [1.29, 1.82) is 5.26 Å². The molecule has 24 heavy (non-hydrogen) atoms. The molecule has 1 amide bonds. The molecule has 1 N–H and O–H groups in total. The molecule has 2 rings (SSSR count). The number of hydrogen-bond donors (Lipinski definition) is 1. The van der Waals surface area contributed by atoms with Gasteiger partial charge >= 0.3 is 12.1 Å². The second-order valence-corrected chi connectivity index (χ2v) is 5.60. The van der Waals surface area contributed by atoms with Gasteiger partial charge in [-0.25, -0.2) is 14.6 Å². The monoisotopic (exact) mass is 332 g/mol. The Morgan fingerprint density at radius 2 is 2.21 bits per heavy atom. The summed E-state index contributed by atoms with van der Waals surface area (Å²) in [6.07, 6.45) is -0.955. The zero-order valence-corrected chi connectivity index (χ0v) is 13.9. The van der Waals surface area contributed by atoms with E-state index in [1.54, 1.807) is 13.8 Å². The lowest BCUT2D eigenvalue weighted by Gasteiger charge is -2.39. The van der Waals surface area contributed by atoms with Crippen molar-refractivity contribution >= 4 is 17.9 Å². The first kappa shape index (κ1) is 17.5. The SMILES string of the molecule is CCOC(=O)c1cc(C#N)c(N2CCN(C(=O)O)CC2C)nc1C. The molecule has 1 aromatic rings. The lowest BCUT2D eigenvalue weighted by Crippen LogP contribution is -2.54. The predicted molar refractivity (Wildman–Crippen MR) is 86.1 cm³/mol. The minimum absolute atomic E-state index is 0.123. The van der Waals surface area contributed by atoms with Gasteiger partial charge in [-0.05, 0) is 26.8 Å². The summed E-state index contributed by atoms with van der Waals surface area (Å²) in [4.78, 5) is 30.7. The number of aryl methyl sites for hydroxylation is 1. The van der Waals surface area contributed by atoms with E-state index in [1.807, 2.05) is 11.8 Å². The third-order valence-corrected chi connectivity index (χ3v) is 3.98. The Morgan fingerprint density at radius 3 is 2.75 bits per heavy atom. The van der Waals surface area contributed by atoms with E-state index in [0.717, 1.165) is 0 Å². The fourth-order valence-corrected chi connectivity index (χ4v) is 2.76. The van der Waals surface area contributed by atoms with Gasteiger partial charge in [0.15, 0.2) is 0 Å². The van der Waals surface area contributed by atoms with Crippen LogP contribution in [0.2, 0.25) is 0 Å². The van der Waals surface area contributed by atoms with Crippen molar-refractivity contribution in [2.45, 2.75) is 26.8 Å². The first-order chi connectivity index (χ1) is 11.4. The summed E-state index contributed by atoms with van der Waals surface area (Å²) >= 11 is 0. The molecule has 2 heterocycles. The number of rotatable bonds is 3. The molecule has 0 bridgehead atoms. The van der Waals surface area contributed by atoms with E-state index in [-0.39, 0.29) is 23.8 Å². The molecule has 1 aliphatic rings. The molecule has 0 saturated carbocycles. The lowest BCUT2D eigenvalue weighted by atomic mass is 10.1. The summed E-state index contributed by atoms with van der Waals surface area (Å²) in [5.74, 6) is -0.0325. The van der Waals surface area contributed by atoms with Crippen molar-refractivity contribution in [2.75, 3.05) is 31.1 Å². The summed E-state index contributed by atoms with van der Waals surface area (Å²) in [7, 11) is 0. The predicted octanol–water partition coefficient (Wildman–Crippen LogP) is 1.63. The molecule has 1 fully saturated rings. The zero-order valence-electron chi connectivity index (χ0n) is 13.9. The fraction of sp³-hybridized carbons (Fsp3) is 0.500. The Kier molecular flexibility index (Phi) is 5.24. The third-order valence-electron chi connectivity index (χ3n) is 3.98. The number of ether oxygens (including phenoxy) is 1. The number of carbonyl (C=O) groups is 2. The van der Waals surface area contributed by atoms with Crippen LogP contribution < -0.4 is 4.90 Å². The first-order valence-electron chi connectivity index (χ1n) is 7.72. The Labute approximate surface area is 140 Å². The van der Waals surface area contributed by atoms with Crippen LogP contribution in [0.4, 0.5) is 10.6 Å². The first-order valence-corrected chi connectivity index (χ1v) is 7.72. The van der Waals surface area contributed by atoms with Crippen LogP contribution in [-0.2, 0) is 4.74 Å². The van der Waals surface area contributed by atoms with E-state index >= 15 is 0 Å². The van der Waals surface area contributed by atoms with Crippen LogP contribution in [0, 0.1) is 18.3 Å². The van der Waals surface area contributed by atoms with Gasteiger partial charge in [-0.1, -0.05) is 0 Å². The number of piperazine rings is 1. The molecule has 1 unspecified atom stereocenters. The fourth-order valence-electron chi connectivity index (χ4n) is 2.76. The largest absolute Gasteiger partial charge is 0.465 e. The van der Waals surface area contributed by atoms with Crippen molar-refractivity contribution in [3.8, 4) is 6.07 Å². The topological polar surface area (TPSA) is 107 Å². The minimum Gasteiger partial charge on any atom is -0.465 e. The highest BCUT2D eigenvalue weighted by molar-refractivity contribution is 5.91. The summed E-state index contributed by atoms with van der Waals surface area (Å²) in [5, 5.41) is 18.5. The molecule has 1 aliphatic heterocycles. The highest BCUT2D eigenvalue weighted by Gasteiger charge is 2.29. The molecular formula is C16H20N4O4. The van der Waals surface area contributed by atoms with Crippen molar-refractivity contribution in [3.05, 3.63) is 22.9 Å². The van der Waals surface area contributed by atoms with Gasteiger partial charge in [0.25, 0.3) is 0 Å². The number of carboxylic acid groups (broad SMARTS) is 1. The second kappa shape index (κ2) is 7.17. The Morgan fingerprint density at radius 1 is 1.50 bits per heavy atom. The summed E-state index contributed by atoms with van der Waals surface area (Å²) in [6.45, 7) is 6.64. The number of nitriles is 1. The quantitative estimate of drug-likeness (QED) is 0.838. The molecule has 0 aliphatic carbocycles. The Bertz CT molecular complexity index is 698. The van der Waals surface area contributed by atoms with E-state index in [4.69, 9.17) is 9.84 Å². The summed E-state index contributed by atoms with van der Waals surface area (Å²) < 4.78 is 4.98. The van der Waals surface area contributed by atoms with Crippen LogP contribution in [0.1, 0.15) is 35.5 Å². The zero-order chi connectivity index (χ0) is 17.9. The molecule has 0 spiro atoms. The Hall–Kier alpha value is -2.82. The second-order valence-electron chi connectivity index (χ2n) is 5.60. The van der Waals surface area contributed by atoms with Gasteiger partial charge in [-0.3, -0.25) is 0 Å². The van der Waals surface area contributed by atoms with Crippen LogP contribution >= 0.6 is 0 Å². The molecule has 8 nitrogen and oxygen atoms in total. The highest BCUT2D eigenvalue weighted by Crippen LogP contribution is 2.25. The van der Waals surface area contributed by atoms with Crippen molar-refractivity contribution in [2.24, 2.45) is 0 Å². The number of hydrogen-bond acceptors (Lipinski definition) is 6. The van der Waals surface area contributed by atoms with E-state index in [1.165, 1.54) is 11.0 Å². The van der Waals surface area contributed by atoms with Gasteiger partial charge in [0.1, 0.15) is 11.9 Å². The van der Waals surface area contributed by atoms with Crippen LogP contribution in [0.25, 0.3) is 0 Å². The number of nitrogens with zero attached hydrogens (tertiary/aromatic N) is 4. The number of amides is 1.